The molecule has 0 bridgehead atoms. The monoisotopic (exact) mass is 302 g/mol. The molecule has 1 aliphatic rings. The highest BCUT2D eigenvalue weighted by Crippen LogP contribution is 2.31. The summed E-state index contributed by atoms with van der Waals surface area (Å²) in [5.74, 6) is 1.75. The van der Waals surface area contributed by atoms with Gasteiger partial charge in [0, 0.05) is 26.8 Å². The molecule has 2 heterocycles. The minimum atomic E-state index is -0.464. The van der Waals surface area contributed by atoms with Crippen LogP contribution >= 0.6 is 12.4 Å². The second-order valence-electron chi connectivity index (χ2n) is 5.27. The molecule has 0 unspecified atom stereocenters. The molecule has 1 aliphatic heterocycles. The molecule has 1 aromatic heterocycles. The van der Waals surface area contributed by atoms with Crippen molar-refractivity contribution in [3.05, 3.63) is 23.7 Å². The zero-order valence-corrected chi connectivity index (χ0v) is 12.9. The molecule has 114 valence electrons. The lowest BCUT2D eigenvalue weighted by Crippen LogP contribution is -2.49. The summed E-state index contributed by atoms with van der Waals surface area (Å²) >= 11 is 0. The lowest BCUT2D eigenvalue weighted by molar-refractivity contribution is -0.146. The van der Waals surface area contributed by atoms with E-state index in [1.54, 1.807) is 11.9 Å². The van der Waals surface area contributed by atoms with Gasteiger partial charge in [-0.25, -0.2) is 0 Å². The Bertz CT molecular complexity index is 441. The van der Waals surface area contributed by atoms with Crippen molar-refractivity contribution in [2.45, 2.75) is 26.3 Å². The molecular weight excluding hydrogens is 280 g/mol. The lowest BCUT2D eigenvalue weighted by atomic mass is 9.79. The van der Waals surface area contributed by atoms with Gasteiger partial charge in [-0.05, 0) is 31.9 Å². The van der Waals surface area contributed by atoms with Crippen LogP contribution in [-0.2, 0) is 16.1 Å². The Balaban J connectivity index is 0.00000200. The molecule has 0 saturated carbocycles. The third-order valence-electron chi connectivity index (χ3n) is 3.83. The summed E-state index contributed by atoms with van der Waals surface area (Å²) in [7, 11) is 1.80. The standard InChI is InChI=1S/C14H22N2O3.ClH/c1-11-3-4-12(19-11)9-16(2)13(17)14(10-15)5-7-18-8-6-14;/h3-4H,5-10,15H2,1-2H3;1H. The molecule has 0 aromatic carbocycles. The molecule has 0 aliphatic carbocycles. The summed E-state index contributed by atoms with van der Waals surface area (Å²) in [6.07, 6.45) is 1.40. The molecule has 0 radical (unpaired) electrons. The van der Waals surface area contributed by atoms with Gasteiger partial charge in [0.1, 0.15) is 11.5 Å². The second-order valence-corrected chi connectivity index (χ2v) is 5.27. The van der Waals surface area contributed by atoms with Crippen molar-refractivity contribution >= 4 is 18.3 Å². The molecule has 0 spiro atoms. The average Bonchev–Trinajstić information content (AvgIpc) is 2.84. The highest BCUT2D eigenvalue weighted by molar-refractivity contribution is 5.85. The maximum absolute atomic E-state index is 12.6. The van der Waals surface area contributed by atoms with E-state index in [4.69, 9.17) is 14.9 Å². The summed E-state index contributed by atoms with van der Waals surface area (Å²) in [5.41, 5.74) is 5.38. The normalized spacial score (nSPS) is 17.4. The Morgan fingerprint density at radius 1 is 1.40 bits per heavy atom. The van der Waals surface area contributed by atoms with Crippen molar-refractivity contribution in [3.63, 3.8) is 0 Å². The Labute approximate surface area is 125 Å². The fourth-order valence-corrected chi connectivity index (χ4v) is 2.55. The molecule has 2 N–H and O–H groups in total. The Morgan fingerprint density at radius 3 is 2.55 bits per heavy atom. The van der Waals surface area contributed by atoms with Gasteiger partial charge in [0.25, 0.3) is 0 Å². The highest BCUT2D eigenvalue weighted by atomic mass is 35.5. The number of rotatable bonds is 4. The van der Waals surface area contributed by atoms with E-state index < -0.39 is 5.41 Å². The Morgan fingerprint density at radius 2 is 2.05 bits per heavy atom. The van der Waals surface area contributed by atoms with Gasteiger partial charge in [-0.1, -0.05) is 0 Å². The number of nitrogens with zero attached hydrogens (tertiary/aromatic N) is 1. The van der Waals surface area contributed by atoms with Gasteiger partial charge >= 0.3 is 0 Å². The molecule has 2 rings (SSSR count). The second kappa shape index (κ2) is 7.11. The number of nitrogens with two attached hydrogens (primary N) is 1. The predicted octanol–water partition coefficient (Wildman–Crippen LogP) is 1.72. The van der Waals surface area contributed by atoms with E-state index in [9.17, 15) is 4.79 Å². The molecule has 1 amide bonds. The minimum Gasteiger partial charge on any atom is -0.464 e. The first-order valence-electron chi connectivity index (χ1n) is 6.66. The van der Waals surface area contributed by atoms with Gasteiger partial charge in [0.2, 0.25) is 5.91 Å². The first-order valence-corrected chi connectivity index (χ1v) is 6.66. The van der Waals surface area contributed by atoms with Gasteiger partial charge in [-0.2, -0.15) is 0 Å². The first-order chi connectivity index (χ1) is 9.07. The van der Waals surface area contributed by atoms with Gasteiger partial charge in [-0.15, -0.1) is 12.4 Å². The molecule has 0 atom stereocenters. The largest absolute Gasteiger partial charge is 0.464 e. The van der Waals surface area contributed by atoms with Gasteiger partial charge < -0.3 is 19.8 Å². The maximum atomic E-state index is 12.6. The van der Waals surface area contributed by atoms with Gasteiger partial charge in [-0.3, -0.25) is 4.79 Å². The number of hydrogen-bond acceptors (Lipinski definition) is 4. The quantitative estimate of drug-likeness (QED) is 0.919. The van der Waals surface area contributed by atoms with Crippen molar-refractivity contribution < 1.29 is 13.9 Å². The van der Waals surface area contributed by atoms with Crippen molar-refractivity contribution in [1.29, 1.82) is 0 Å². The zero-order valence-electron chi connectivity index (χ0n) is 12.1. The van der Waals surface area contributed by atoms with Crippen molar-refractivity contribution in [2.24, 2.45) is 11.1 Å². The third-order valence-corrected chi connectivity index (χ3v) is 3.83. The number of hydrogen-bond donors (Lipinski definition) is 1. The molecule has 1 saturated heterocycles. The zero-order chi connectivity index (χ0) is 13.9. The van der Waals surface area contributed by atoms with E-state index in [1.807, 2.05) is 19.1 Å². The van der Waals surface area contributed by atoms with E-state index in [1.165, 1.54) is 0 Å². The third kappa shape index (κ3) is 3.53. The van der Waals surface area contributed by atoms with Crippen LogP contribution in [0.5, 0.6) is 0 Å². The Hall–Kier alpha value is -1.04. The molecule has 1 aromatic rings. The van der Waals surface area contributed by atoms with Crippen LogP contribution in [0.3, 0.4) is 0 Å². The smallest absolute Gasteiger partial charge is 0.230 e. The molecule has 20 heavy (non-hydrogen) atoms. The number of amides is 1. The number of ether oxygens (including phenoxy) is 1. The molecular formula is C14H23ClN2O3. The summed E-state index contributed by atoms with van der Waals surface area (Å²) in [6, 6.07) is 3.80. The van der Waals surface area contributed by atoms with Crippen LogP contribution in [0.25, 0.3) is 0 Å². The first kappa shape index (κ1) is 17.0. The maximum Gasteiger partial charge on any atom is 0.230 e. The van der Waals surface area contributed by atoms with Crippen molar-refractivity contribution in [1.82, 2.24) is 4.90 Å². The fraction of sp³-hybridized carbons (Fsp3) is 0.643. The van der Waals surface area contributed by atoms with Crippen LogP contribution in [0.4, 0.5) is 0 Å². The van der Waals surface area contributed by atoms with Crippen LogP contribution < -0.4 is 5.73 Å². The summed E-state index contributed by atoms with van der Waals surface area (Å²) in [4.78, 5) is 14.3. The van der Waals surface area contributed by atoms with Crippen molar-refractivity contribution in [2.75, 3.05) is 26.8 Å². The van der Waals surface area contributed by atoms with Crippen molar-refractivity contribution in [3.8, 4) is 0 Å². The number of aryl methyl sites for hydroxylation is 1. The van der Waals surface area contributed by atoms with E-state index in [-0.39, 0.29) is 18.3 Å². The predicted molar refractivity (Wildman–Crippen MR) is 78.7 cm³/mol. The summed E-state index contributed by atoms with van der Waals surface area (Å²) < 4.78 is 10.8. The van der Waals surface area contributed by atoms with E-state index in [2.05, 4.69) is 0 Å². The fourth-order valence-electron chi connectivity index (χ4n) is 2.55. The number of furan rings is 1. The minimum absolute atomic E-state index is 0. The summed E-state index contributed by atoms with van der Waals surface area (Å²) in [6.45, 7) is 3.96. The van der Waals surface area contributed by atoms with Crippen LogP contribution in [0.2, 0.25) is 0 Å². The number of carbonyl (C=O) groups excluding carboxylic acids is 1. The van der Waals surface area contributed by atoms with Gasteiger partial charge in [0.15, 0.2) is 0 Å². The topological polar surface area (TPSA) is 68.7 Å². The molecule has 6 heteroatoms. The van der Waals surface area contributed by atoms with Crippen LogP contribution in [0.1, 0.15) is 24.4 Å². The van der Waals surface area contributed by atoms with Crippen LogP contribution in [0, 0.1) is 12.3 Å². The van der Waals surface area contributed by atoms with E-state index in [0.29, 0.717) is 39.1 Å². The SMILES string of the molecule is Cc1ccc(CN(C)C(=O)C2(CN)CCOCC2)o1.Cl. The molecule has 5 nitrogen and oxygen atoms in total. The summed E-state index contributed by atoms with van der Waals surface area (Å²) in [5, 5.41) is 0. The lowest BCUT2D eigenvalue weighted by Gasteiger charge is -2.37. The van der Waals surface area contributed by atoms with Gasteiger partial charge in [0.05, 0.1) is 12.0 Å². The number of halogens is 1. The number of carbonyl (C=O) groups is 1. The Kier molecular flexibility index (Phi) is 6.05. The van der Waals surface area contributed by atoms with Crippen LogP contribution in [0.15, 0.2) is 16.5 Å². The van der Waals surface area contributed by atoms with Crippen LogP contribution in [-0.4, -0.2) is 37.6 Å². The van der Waals surface area contributed by atoms with E-state index in [0.717, 1.165) is 11.5 Å². The average molecular weight is 303 g/mol. The van der Waals surface area contributed by atoms with E-state index >= 15 is 0 Å². The highest BCUT2D eigenvalue weighted by Gasteiger charge is 2.40. The molecule has 1 fully saturated rings.